The SMILES string of the molecule is c1ncn2c1CN(Cc1cc3n(n1)CCCN(C[C@H]1CCOC1)C3)CCC2. The van der Waals surface area contributed by atoms with E-state index in [1.54, 1.807) is 0 Å². The molecule has 0 bridgehead atoms. The molecule has 0 amide bonds. The fourth-order valence-electron chi connectivity index (χ4n) is 4.73. The van der Waals surface area contributed by atoms with E-state index in [1.807, 2.05) is 12.5 Å². The number of aromatic nitrogens is 4. The lowest BCUT2D eigenvalue weighted by molar-refractivity contribution is 0.165. The van der Waals surface area contributed by atoms with E-state index in [2.05, 4.69) is 30.1 Å². The molecule has 27 heavy (non-hydrogen) atoms. The van der Waals surface area contributed by atoms with Gasteiger partial charge in [-0.15, -0.1) is 0 Å². The number of fused-ring (bicyclic) bond motifs is 2. The van der Waals surface area contributed by atoms with Crippen molar-refractivity contribution in [3.8, 4) is 0 Å². The zero-order valence-electron chi connectivity index (χ0n) is 16.1. The number of nitrogens with zero attached hydrogens (tertiary/aromatic N) is 6. The highest BCUT2D eigenvalue weighted by atomic mass is 16.5. The summed E-state index contributed by atoms with van der Waals surface area (Å²) in [6, 6.07) is 2.34. The van der Waals surface area contributed by atoms with Crippen molar-refractivity contribution in [3.05, 3.63) is 35.7 Å². The molecule has 1 fully saturated rings. The summed E-state index contributed by atoms with van der Waals surface area (Å²) in [5.41, 5.74) is 3.91. The van der Waals surface area contributed by atoms with Crippen LogP contribution in [0.4, 0.5) is 0 Å². The first-order chi connectivity index (χ1) is 13.3. The molecule has 7 heteroatoms. The van der Waals surface area contributed by atoms with Crippen LogP contribution in [0, 0.1) is 5.92 Å². The van der Waals surface area contributed by atoms with Crippen LogP contribution < -0.4 is 0 Å². The van der Waals surface area contributed by atoms with Gasteiger partial charge in [0.25, 0.3) is 0 Å². The second-order valence-electron chi connectivity index (χ2n) is 8.31. The van der Waals surface area contributed by atoms with Crippen molar-refractivity contribution < 1.29 is 4.74 Å². The third-order valence-electron chi connectivity index (χ3n) is 6.13. The van der Waals surface area contributed by atoms with E-state index >= 15 is 0 Å². The lowest BCUT2D eigenvalue weighted by Gasteiger charge is -2.22. The number of hydrogen-bond donors (Lipinski definition) is 0. The van der Waals surface area contributed by atoms with E-state index < -0.39 is 0 Å². The predicted octanol–water partition coefficient (Wildman–Crippen LogP) is 1.73. The van der Waals surface area contributed by atoms with Gasteiger partial charge in [0, 0.05) is 65.2 Å². The Hall–Kier alpha value is -1.70. The smallest absolute Gasteiger partial charge is 0.0948 e. The summed E-state index contributed by atoms with van der Waals surface area (Å²) in [6.45, 7) is 10.4. The Kier molecular flexibility index (Phi) is 4.98. The number of imidazole rings is 1. The quantitative estimate of drug-likeness (QED) is 0.820. The number of hydrogen-bond acceptors (Lipinski definition) is 5. The molecule has 0 aromatic carbocycles. The van der Waals surface area contributed by atoms with Crippen molar-refractivity contribution in [2.75, 3.05) is 32.8 Å². The molecule has 5 rings (SSSR count). The van der Waals surface area contributed by atoms with Crippen molar-refractivity contribution in [3.63, 3.8) is 0 Å². The van der Waals surface area contributed by atoms with Crippen molar-refractivity contribution in [1.82, 2.24) is 29.1 Å². The van der Waals surface area contributed by atoms with Gasteiger partial charge in [-0.3, -0.25) is 14.5 Å². The van der Waals surface area contributed by atoms with Crippen LogP contribution >= 0.6 is 0 Å². The molecule has 0 N–H and O–H groups in total. The van der Waals surface area contributed by atoms with E-state index in [0.29, 0.717) is 5.92 Å². The molecule has 7 nitrogen and oxygen atoms in total. The third kappa shape index (κ3) is 3.95. The largest absolute Gasteiger partial charge is 0.381 e. The highest BCUT2D eigenvalue weighted by molar-refractivity contribution is 5.12. The zero-order valence-corrected chi connectivity index (χ0v) is 16.1. The van der Waals surface area contributed by atoms with Crippen LogP contribution in [0.1, 0.15) is 36.3 Å². The molecular weight excluding hydrogens is 340 g/mol. The van der Waals surface area contributed by atoms with Gasteiger partial charge < -0.3 is 9.30 Å². The standard InChI is InChI=1S/C20H30N6O/c1-4-24(14-20-10-21-16-25(20)6-1)12-18-9-19-13-23(5-2-7-26(19)22-18)11-17-3-8-27-15-17/h9-10,16-17H,1-8,11-15H2/t17-/m1/s1. The minimum atomic E-state index is 0.709. The summed E-state index contributed by atoms with van der Waals surface area (Å²) in [7, 11) is 0. The molecule has 3 aliphatic heterocycles. The molecule has 0 aliphatic carbocycles. The number of aryl methyl sites for hydroxylation is 2. The maximum Gasteiger partial charge on any atom is 0.0948 e. The summed E-state index contributed by atoms with van der Waals surface area (Å²) in [5.74, 6) is 0.709. The van der Waals surface area contributed by atoms with E-state index in [0.717, 1.165) is 59.0 Å². The number of ether oxygens (including phenoxy) is 1. The predicted molar refractivity (Wildman–Crippen MR) is 102 cm³/mol. The van der Waals surface area contributed by atoms with Gasteiger partial charge in [0.1, 0.15) is 0 Å². The molecule has 1 saturated heterocycles. The lowest BCUT2D eigenvalue weighted by Crippen LogP contribution is -2.29. The van der Waals surface area contributed by atoms with Gasteiger partial charge in [-0.05, 0) is 31.2 Å². The van der Waals surface area contributed by atoms with E-state index in [9.17, 15) is 0 Å². The van der Waals surface area contributed by atoms with Gasteiger partial charge in [0.05, 0.1) is 30.0 Å². The molecule has 2 aromatic heterocycles. The van der Waals surface area contributed by atoms with Crippen LogP contribution in [0.2, 0.25) is 0 Å². The van der Waals surface area contributed by atoms with Gasteiger partial charge in [-0.1, -0.05) is 0 Å². The molecule has 0 saturated carbocycles. The molecule has 2 aromatic rings. The van der Waals surface area contributed by atoms with E-state index in [1.165, 1.54) is 42.9 Å². The molecule has 0 unspecified atom stereocenters. The fourth-order valence-corrected chi connectivity index (χ4v) is 4.73. The molecular formula is C20H30N6O. The molecule has 0 radical (unpaired) electrons. The Labute approximate surface area is 160 Å². The third-order valence-corrected chi connectivity index (χ3v) is 6.13. The van der Waals surface area contributed by atoms with Gasteiger partial charge in [0.15, 0.2) is 0 Å². The first-order valence-electron chi connectivity index (χ1n) is 10.4. The highest BCUT2D eigenvalue weighted by Crippen LogP contribution is 2.20. The van der Waals surface area contributed by atoms with Gasteiger partial charge in [-0.2, -0.15) is 5.10 Å². The molecule has 3 aliphatic rings. The molecule has 1 atom stereocenters. The molecule has 146 valence electrons. The monoisotopic (exact) mass is 370 g/mol. The molecule has 5 heterocycles. The summed E-state index contributed by atoms with van der Waals surface area (Å²) in [6.07, 6.45) is 7.54. The van der Waals surface area contributed by atoms with Crippen LogP contribution in [0.5, 0.6) is 0 Å². The van der Waals surface area contributed by atoms with Crippen LogP contribution in [-0.4, -0.2) is 62.0 Å². The van der Waals surface area contributed by atoms with Gasteiger partial charge in [-0.25, -0.2) is 4.98 Å². The second kappa shape index (κ2) is 7.73. The summed E-state index contributed by atoms with van der Waals surface area (Å²) in [4.78, 5) is 9.42. The Morgan fingerprint density at radius 2 is 1.93 bits per heavy atom. The lowest BCUT2D eigenvalue weighted by atomic mass is 10.1. The maximum atomic E-state index is 5.56. The Balaban J connectivity index is 1.25. The average Bonchev–Trinajstić information content (AvgIpc) is 3.34. The Bertz CT molecular complexity index is 762. The van der Waals surface area contributed by atoms with Gasteiger partial charge in [0.2, 0.25) is 0 Å². The maximum absolute atomic E-state index is 5.56. The first-order valence-corrected chi connectivity index (χ1v) is 10.4. The van der Waals surface area contributed by atoms with Crippen molar-refractivity contribution in [1.29, 1.82) is 0 Å². The fraction of sp³-hybridized carbons (Fsp3) is 0.700. The van der Waals surface area contributed by atoms with E-state index in [4.69, 9.17) is 9.84 Å². The van der Waals surface area contributed by atoms with Crippen LogP contribution in [-0.2, 0) is 37.5 Å². The first kappa shape index (κ1) is 17.4. The normalized spacial score (nSPS) is 24.4. The Morgan fingerprint density at radius 1 is 1.04 bits per heavy atom. The topological polar surface area (TPSA) is 51.4 Å². The molecule has 0 spiro atoms. The van der Waals surface area contributed by atoms with Crippen molar-refractivity contribution >= 4 is 0 Å². The summed E-state index contributed by atoms with van der Waals surface area (Å²) >= 11 is 0. The number of rotatable bonds is 4. The highest BCUT2D eigenvalue weighted by Gasteiger charge is 2.23. The minimum Gasteiger partial charge on any atom is -0.381 e. The summed E-state index contributed by atoms with van der Waals surface area (Å²) < 4.78 is 10.1. The van der Waals surface area contributed by atoms with Crippen molar-refractivity contribution in [2.45, 2.75) is 52.0 Å². The second-order valence-corrected chi connectivity index (χ2v) is 8.31. The van der Waals surface area contributed by atoms with Crippen LogP contribution in [0.15, 0.2) is 18.6 Å². The van der Waals surface area contributed by atoms with Crippen LogP contribution in [0.3, 0.4) is 0 Å². The van der Waals surface area contributed by atoms with Crippen LogP contribution in [0.25, 0.3) is 0 Å². The minimum absolute atomic E-state index is 0.709. The Morgan fingerprint density at radius 3 is 2.85 bits per heavy atom. The van der Waals surface area contributed by atoms with Crippen molar-refractivity contribution in [2.24, 2.45) is 5.92 Å². The summed E-state index contributed by atoms with van der Waals surface area (Å²) in [5, 5.41) is 4.95. The van der Waals surface area contributed by atoms with E-state index in [-0.39, 0.29) is 0 Å². The average molecular weight is 371 g/mol. The zero-order chi connectivity index (χ0) is 18.1. The van der Waals surface area contributed by atoms with Gasteiger partial charge >= 0.3 is 0 Å².